The summed E-state index contributed by atoms with van der Waals surface area (Å²) in [5, 5.41) is 6.60. The lowest BCUT2D eigenvalue weighted by atomic mass is 10.1. The van der Waals surface area contributed by atoms with Crippen molar-refractivity contribution in [3.63, 3.8) is 0 Å². The molecule has 2 aromatic rings. The van der Waals surface area contributed by atoms with Gasteiger partial charge in [-0.25, -0.2) is 0 Å². The summed E-state index contributed by atoms with van der Waals surface area (Å²) in [4.78, 5) is 6.69. The van der Waals surface area contributed by atoms with Crippen LogP contribution in [0, 0.1) is 0 Å². The molecule has 0 spiro atoms. The zero-order chi connectivity index (χ0) is 22.2. The fourth-order valence-corrected chi connectivity index (χ4v) is 3.65. The highest BCUT2D eigenvalue weighted by atomic mass is 19.3. The maximum Gasteiger partial charge on any atom is 0.387 e. The van der Waals surface area contributed by atoms with Crippen LogP contribution in [0.25, 0.3) is 0 Å². The summed E-state index contributed by atoms with van der Waals surface area (Å²) in [5.74, 6) is 0.885. The number of benzene rings is 2. The molecular formula is C23H30F2N4O2. The molecule has 1 unspecified atom stereocenters. The van der Waals surface area contributed by atoms with Crippen LogP contribution in [0.1, 0.15) is 36.9 Å². The van der Waals surface area contributed by atoms with Gasteiger partial charge < -0.3 is 25.0 Å². The van der Waals surface area contributed by atoms with E-state index >= 15 is 0 Å². The van der Waals surface area contributed by atoms with E-state index in [0.717, 1.165) is 18.7 Å². The number of halogens is 2. The number of guanidine groups is 1. The van der Waals surface area contributed by atoms with Crippen LogP contribution in [0.4, 0.5) is 14.5 Å². The van der Waals surface area contributed by atoms with Gasteiger partial charge in [-0.05, 0) is 55.2 Å². The van der Waals surface area contributed by atoms with Crippen molar-refractivity contribution < 1.29 is 18.3 Å². The Morgan fingerprint density at radius 1 is 1.13 bits per heavy atom. The van der Waals surface area contributed by atoms with Crippen LogP contribution in [-0.2, 0) is 6.54 Å². The van der Waals surface area contributed by atoms with E-state index in [0.29, 0.717) is 12.5 Å². The Bertz CT molecular complexity index is 886. The number of hydrogen-bond acceptors (Lipinski definition) is 4. The van der Waals surface area contributed by atoms with Crippen LogP contribution in [0.5, 0.6) is 11.5 Å². The molecule has 0 aromatic heterocycles. The topological polar surface area (TPSA) is 58.1 Å². The Labute approximate surface area is 182 Å². The lowest BCUT2D eigenvalue weighted by Crippen LogP contribution is -2.38. The monoisotopic (exact) mass is 432 g/mol. The molecule has 2 N–H and O–H groups in total. The first-order chi connectivity index (χ1) is 15.0. The second kappa shape index (κ2) is 10.8. The average molecular weight is 433 g/mol. The number of aliphatic imine (C=N–C) groups is 1. The molecule has 1 heterocycles. The Kier molecular flexibility index (Phi) is 7.92. The quantitative estimate of drug-likeness (QED) is 0.481. The molecule has 31 heavy (non-hydrogen) atoms. The van der Waals surface area contributed by atoms with Crippen LogP contribution < -0.4 is 25.0 Å². The summed E-state index contributed by atoms with van der Waals surface area (Å²) >= 11 is 0. The standard InChI is InChI=1S/C23H30F2N4O2/c1-16(18-7-6-8-19(14-18)29-11-4-5-12-29)28-23(26-2)27-15-17-9-10-20(30-3)21(13-17)31-22(24)25/h6-10,13-14,16,22H,4-5,11-12,15H2,1-3H3,(H2,26,27,28). The molecule has 1 saturated heterocycles. The van der Waals surface area contributed by atoms with Gasteiger partial charge in [-0.2, -0.15) is 8.78 Å². The number of methoxy groups -OCH3 is 1. The van der Waals surface area contributed by atoms with Gasteiger partial charge in [0.15, 0.2) is 17.5 Å². The molecule has 2 aromatic carbocycles. The van der Waals surface area contributed by atoms with Crippen molar-refractivity contribution in [3.8, 4) is 11.5 Å². The maximum absolute atomic E-state index is 12.6. The van der Waals surface area contributed by atoms with Gasteiger partial charge in [0.05, 0.1) is 13.2 Å². The van der Waals surface area contributed by atoms with Crippen LogP contribution in [-0.4, -0.2) is 39.8 Å². The number of alkyl halides is 2. The maximum atomic E-state index is 12.6. The first kappa shape index (κ1) is 22.7. The first-order valence-corrected chi connectivity index (χ1v) is 10.4. The first-order valence-electron chi connectivity index (χ1n) is 10.4. The van der Waals surface area contributed by atoms with Gasteiger partial charge in [0, 0.05) is 32.4 Å². The largest absolute Gasteiger partial charge is 0.493 e. The number of hydrogen-bond donors (Lipinski definition) is 2. The molecule has 0 aliphatic carbocycles. The highest BCUT2D eigenvalue weighted by molar-refractivity contribution is 5.80. The summed E-state index contributed by atoms with van der Waals surface area (Å²) in [7, 11) is 3.11. The summed E-state index contributed by atoms with van der Waals surface area (Å²) in [6.45, 7) is 1.77. The number of rotatable bonds is 8. The zero-order valence-electron chi connectivity index (χ0n) is 18.2. The summed E-state index contributed by atoms with van der Waals surface area (Å²) in [5.41, 5.74) is 3.18. The minimum Gasteiger partial charge on any atom is -0.493 e. The van der Waals surface area contributed by atoms with Crippen LogP contribution in [0.2, 0.25) is 0 Å². The predicted molar refractivity (Wildman–Crippen MR) is 119 cm³/mol. The molecule has 1 fully saturated rings. The molecule has 6 nitrogen and oxygen atoms in total. The summed E-state index contributed by atoms with van der Waals surface area (Å²) in [6.07, 6.45) is 2.48. The third-order valence-corrected chi connectivity index (χ3v) is 5.32. The number of nitrogens with one attached hydrogen (secondary N) is 2. The van der Waals surface area contributed by atoms with Gasteiger partial charge in [-0.1, -0.05) is 18.2 Å². The Morgan fingerprint density at radius 2 is 1.90 bits per heavy atom. The fraction of sp³-hybridized carbons (Fsp3) is 0.435. The van der Waals surface area contributed by atoms with Crippen molar-refractivity contribution in [3.05, 3.63) is 53.6 Å². The van der Waals surface area contributed by atoms with Gasteiger partial charge in [-0.3, -0.25) is 4.99 Å². The lowest BCUT2D eigenvalue weighted by molar-refractivity contribution is -0.0512. The van der Waals surface area contributed by atoms with Crippen LogP contribution >= 0.6 is 0 Å². The fourth-order valence-electron chi connectivity index (χ4n) is 3.65. The van der Waals surface area contributed by atoms with Gasteiger partial charge in [0.1, 0.15) is 0 Å². The molecule has 1 aliphatic heterocycles. The Hall–Kier alpha value is -3.03. The van der Waals surface area contributed by atoms with Crippen LogP contribution in [0.15, 0.2) is 47.5 Å². The number of ether oxygens (including phenoxy) is 2. The minimum absolute atomic E-state index is 0.00634. The zero-order valence-corrected chi connectivity index (χ0v) is 18.2. The highest BCUT2D eigenvalue weighted by Gasteiger charge is 2.15. The van der Waals surface area contributed by atoms with Crippen molar-refractivity contribution in [1.82, 2.24) is 10.6 Å². The van der Waals surface area contributed by atoms with E-state index in [1.165, 1.54) is 37.3 Å². The smallest absolute Gasteiger partial charge is 0.387 e. The van der Waals surface area contributed by atoms with E-state index in [1.807, 2.05) is 0 Å². The Morgan fingerprint density at radius 3 is 2.58 bits per heavy atom. The Balaban J connectivity index is 1.61. The molecule has 3 rings (SSSR count). The second-order valence-electron chi connectivity index (χ2n) is 7.44. The van der Waals surface area contributed by atoms with Gasteiger partial charge >= 0.3 is 6.61 Å². The molecule has 0 bridgehead atoms. The lowest BCUT2D eigenvalue weighted by Gasteiger charge is -2.22. The summed E-state index contributed by atoms with van der Waals surface area (Å²) < 4.78 is 34.9. The van der Waals surface area contributed by atoms with Crippen LogP contribution in [0.3, 0.4) is 0 Å². The molecule has 0 radical (unpaired) electrons. The second-order valence-corrected chi connectivity index (χ2v) is 7.44. The van der Waals surface area contributed by atoms with E-state index in [1.54, 1.807) is 19.2 Å². The SMILES string of the molecule is CN=C(NCc1ccc(OC)c(OC(F)F)c1)NC(C)c1cccc(N2CCCC2)c1. The minimum atomic E-state index is -2.91. The van der Waals surface area contributed by atoms with E-state index in [-0.39, 0.29) is 17.5 Å². The van der Waals surface area contributed by atoms with E-state index in [2.05, 4.69) is 56.5 Å². The van der Waals surface area contributed by atoms with E-state index in [4.69, 9.17) is 4.74 Å². The predicted octanol–water partition coefficient (Wildman–Crippen LogP) is 4.32. The van der Waals surface area contributed by atoms with E-state index < -0.39 is 6.61 Å². The van der Waals surface area contributed by atoms with Gasteiger partial charge in [-0.15, -0.1) is 0 Å². The van der Waals surface area contributed by atoms with Gasteiger partial charge in [0.2, 0.25) is 0 Å². The van der Waals surface area contributed by atoms with Gasteiger partial charge in [0.25, 0.3) is 0 Å². The molecule has 1 aliphatic rings. The highest BCUT2D eigenvalue weighted by Crippen LogP contribution is 2.29. The summed E-state index contributed by atoms with van der Waals surface area (Å²) in [6, 6.07) is 13.5. The molecule has 1 atom stereocenters. The van der Waals surface area contributed by atoms with Crippen molar-refractivity contribution in [2.24, 2.45) is 4.99 Å². The molecule has 0 saturated carbocycles. The third kappa shape index (κ3) is 6.23. The average Bonchev–Trinajstić information content (AvgIpc) is 3.31. The molecule has 8 heteroatoms. The normalized spacial score (nSPS) is 15.2. The van der Waals surface area contributed by atoms with Crippen molar-refractivity contribution in [2.45, 2.75) is 39.0 Å². The third-order valence-electron chi connectivity index (χ3n) is 5.32. The number of anilines is 1. The van der Waals surface area contributed by atoms with Crippen molar-refractivity contribution in [1.29, 1.82) is 0 Å². The molecule has 168 valence electrons. The molecule has 0 amide bonds. The molecular weight excluding hydrogens is 402 g/mol. The number of nitrogens with zero attached hydrogens (tertiary/aromatic N) is 2. The van der Waals surface area contributed by atoms with Crippen molar-refractivity contribution in [2.75, 3.05) is 32.1 Å². The van der Waals surface area contributed by atoms with Crippen molar-refractivity contribution >= 4 is 11.6 Å². The van der Waals surface area contributed by atoms with E-state index in [9.17, 15) is 8.78 Å².